The molecule has 0 saturated heterocycles. The van der Waals surface area contributed by atoms with Crippen LogP contribution in [0, 0.1) is 0 Å². The van der Waals surface area contributed by atoms with Crippen LogP contribution in [0.4, 0.5) is 0 Å². The fourth-order valence-electron chi connectivity index (χ4n) is 6.37. The van der Waals surface area contributed by atoms with Crippen molar-refractivity contribution in [2.24, 2.45) is 0 Å². The van der Waals surface area contributed by atoms with Crippen molar-refractivity contribution in [3.63, 3.8) is 0 Å². The van der Waals surface area contributed by atoms with Crippen molar-refractivity contribution in [1.82, 2.24) is 0 Å². The summed E-state index contributed by atoms with van der Waals surface area (Å²) in [5.41, 5.74) is 1.76. The Morgan fingerprint density at radius 3 is 1.94 bits per heavy atom. The summed E-state index contributed by atoms with van der Waals surface area (Å²) in [5, 5.41) is 2.71. The maximum absolute atomic E-state index is 4.57. The Balaban J connectivity index is 2.00. The second-order valence-corrected chi connectivity index (χ2v) is 25.9. The van der Waals surface area contributed by atoms with Crippen molar-refractivity contribution in [3.8, 4) is 0 Å². The van der Waals surface area contributed by atoms with Crippen LogP contribution in [0.2, 0.25) is 26.5 Å². The van der Waals surface area contributed by atoms with Crippen molar-refractivity contribution in [1.29, 1.82) is 0 Å². The van der Waals surface area contributed by atoms with E-state index in [-0.39, 0.29) is 0 Å². The van der Waals surface area contributed by atoms with Gasteiger partial charge in [-0.1, -0.05) is 0 Å². The van der Waals surface area contributed by atoms with E-state index < -0.39 is 18.4 Å². The van der Waals surface area contributed by atoms with E-state index in [0.29, 0.717) is 0 Å². The van der Waals surface area contributed by atoms with Gasteiger partial charge in [-0.15, -0.1) is 0 Å². The molecule has 0 aromatic heterocycles. The molecule has 1 aromatic rings. The zero-order valence-corrected chi connectivity index (χ0v) is 23.7. The third kappa shape index (κ3) is 7.02. The van der Waals surface area contributed by atoms with Gasteiger partial charge in [-0.2, -0.15) is 0 Å². The van der Waals surface area contributed by atoms with Gasteiger partial charge in [-0.3, -0.25) is 0 Å². The Hall–Kier alpha value is -0.436. The summed E-state index contributed by atoms with van der Waals surface area (Å²) >= 11 is -2.27. The van der Waals surface area contributed by atoms with Gasteiger partial charge in [0.15, 0.2) is 0 Å². The Morgan fingerprint density at radius 2 is 1.42 bits per heavy atom. The Morgan fingerprint density at radius 1 is 0.871 bits per heavy atom. The average molecular weight is 525 g/mol. The molecule has 0 unspecified atom stereocenters. The van der Waals surface area contributed by atoms with E-state index >= 15 is 0 Å². The molecule has 0 radical (unpaired) electrons. The van der Waals surface area contributed by atoms with Gasteiger partial charge in [0.25, 0.3) is 0 Å². The molecule has 0 aliphatic heterocycles. The van der Waals surface area contributed by atoms with Crippen molar-refractivity contribution in [3.05, 3.63) is 35.2 Å². The van der Waals surface area contributed by atoms with Crippen LogP contribution in [0.3, 0.4) is 0 Å². The van der Waals surface area contributed by atoms with E-state index in [1.54, 1.807) is 9.04 Å². The second-order valence-electron chi connectivity index (χ2n) is 11.5. The molecule has 31 heavy (non-hydrogen) atoms. The Labute approximate surface area is 197 Å². The zero-order valence-electron chi connectivity index (χ0n) is 20.9. The number of rotatable bonds is 9. The van der Waals surface area contributed by atoms with Gasteiger partial charge in [0.1, 0.15) is 0 Å². The SMILES string of the molecule is C=CCCCC/C=c1\c[c]([Sn]([CH3])([CH3])[CH3])c(B(C2CCCCC2)C2CCCCC2)cc1=C. The maximum atomic E-state index is 4.57. The Kier molecular flexibility index (Phi) is 9.87. The molecular formula is C29H47BSn. The van der Waals surface area contributed by atoms with Crippen LogP contribution >= 0.6 is 0 Å². The predicted molar refractivity (Wildman–Crippen MR) is 146 cm³/mol. The predicted octanol–water partition coefficient (Wildman–Crippen LogP) is 6.54. The first-order valence-electron chi connectivity index (χ1n) is 13.4. The van der Waals surface area contributed by atoms with Crippen LogP contribution in [-0.4, -0.2) is 25.1 Å². The minimum atomic E-state index is -2.27. The molecule has 0 atom stereocenters. The Bertz CT molecular complexity index is 788. The molecule has 0 amide bonds. The minimum absolute atomic E-state index is 0.800. The molecular weight excluding hydrogens is 478 g/mol. The average Bonchev–Trinajstić information content (AvgIpc) is 2.76. The molecule has 0 nitrogen and oxygen atoms in total. The molecule has 0 N–H and O–H groups in total. The molecule has 3 rings (SSSR count). The summed E-state index contributed by atoms with van der Waals surface area (Å²) in [7, 11) is 0. The first kappa shape index (κ1) is 25.2. The third-order valence-electron chi connectivity index (χ3n) is 8.02. The number of hydrogen-bond acceptors (Lipinski definition) is 0. The standard InChI is InChI=1S/C26H38B.3CH3.Sn/c1-3-4-5-6-9-14-23-19-20-26(21-22(23)2)27(24-15-10-7-11-16-24)25-17-12-8-13-18-25;;;;/h3,14,19,21,24-25H,1-2,4-13,15-18H2;3*1H3;/b23-14+;;;;. The van der Waals surface area contributed by atoms with Crippen LogP contribution < -0.4 is 19.5 Å². The van der Waals surface area contributed by atoms with Gasteiger partial charge in [0.05, 0.1) is 0 Å². The fourth-order valence-corrected chi connectivity index (χ4v) is 11.2. The van der Waals surface area contributed by atoms with Gasteiger partial charge in [-0.05, 0) is 0 Å². The first-order chi connectivity index (χ1) is 14.9. The summed E-state index contributed by atoms with van der Waals surface area (Å²) in [6.07, 6.45) is 23.9. The number of allylic oxidation sites excluding steroid dienone is 1. The van der Waals surface area contributed by atoms with Crippen LogP contribution in [-0.2, 0) is 0 Å². The zero-order chi connectivity index (χ0) is 22.3. The van der Waals surface area contributed by atoms with Crippen molar-refractivity contribution in [2.75, 3.05) is 0 Å². The molecule has 0 heterocycles. The van der Waals surface area contributed by atoms with Gasteiger partial charge in [-0.25, -0.2) is 0 Å². The number of unbranched alkanes of at least 4 members (excludes halogenated alkanes) is 3. The molecule has 2 aliphatic carbocycles. The summed E-state index contributed by atoms with van der Waals surface area (Å²) in [6.45, 7) is 9.23. The molecule has 2 saturated carbocycles. The van der Waals surface area contributed by atoms with Gasteiger partial charge in [0, 0.05) is 0 Å². The summed E-state index contributed by atoms with van der Waals surface area (Å²) in [6, 6.07) is 5.21. The van der Waals surface area contributed by atoms with Crippen LogP contribution in [0.5, 0.6) is 0 Å². The molecule has 1 aromatic carbocycles. The molecule has 2 aliphatic rings. The summed E-state index contributed by atoms with van der Waals surface area (Å²) in [5.74, 6) is 1.83. The van der Waals surface area contributed by atoms with Gasteiger partial charge >= 0.3 is 198 Å². The van der Waals surface area contributed by atoms with Crippen molar-refractivity contribution < 1.29 is 0 Å². The molecule has 0 bridgehead atoms. The molecule has 2 heteroatoms. The van der Waals surface area contributed by atoms with Gasteiger partial charge in [0.2, 0.25) is 0 Å². The van der Waals surface area contributed by atoms with E-state index in [1.807, 2.05) is 6.08 Å². The quantitative estimate of drug-likeness (QED) is 0.195. The first-order valence-corrected chi connectivity index (χ1v) is 23.3. The van der Waals surface area contributed by atoms with Crippen molar-refractivity contribution >= 4 is 46.8 Å². The summed E-state index contributed by atoms with van der Waals surface area (Å²) in [4.78, 5) is 7.88. The molecule has 170 valence electrons. The van der Waals surface area contributed by atoms with Crippen molar-refractivity contribution in [2.45, 2.75) is 116 Å². The van der Waals surface area contributed by atoms with E-state index in [0.717, 1.165) is 24.8 Å². The normalized spacial score (nSPS) is 19.5. The van der Waals surface area contributed by atoms with E-state index in [9.17, 15) is 0 Å². The van der Waals surface area contributed by atoms with Crippen LogP contribution in [0.1, 0.15) is 89.9 Å². The van der Waals surface area contributed by atoms with E-state index in [2.05, 4.69) is 46.2 Å². The fraction of sp³-hybridized carbons (Fsp3) is 0.655. The third-order valence-corrected chi connectivity index (χ3v) is 13.9. The number of hydrogen-bond donors (Lipinski definition) is 0. The monoisotopic (exact) mass is 526 g/mol. The number of benzene rings is 1. The van der Waals surface area contributed by atoms with Crippen LogP contribution in [0.15, 0.2) is 24.8 Å². The molecule has 0 spiro atoms. The molecule has 2 fully saturated rings. The van der Waals surface area contributed by atoms with E-state index in [4.69, 9.17) is 0 Å². The van der Waals surface area contributed by atoms with E-state index in [1.165, 1.54) is 93.9 Å². The van der Waals surface area contributed by atoms with Crippen LogP contribution in [0.25, 0.3) is 12.7 Å². The second kappa shape index (κ2) is 12.1. The topological polar surface area (TPSA) is 0 Å². The van der Waals surface area contributed by atoms with Gasteiger partial charge < -0.3 is 0 Å². The summed E-state index contributed by atoms with van der Waals surface area (Å²) < 4.78 is 1.81.